The number of methoxy groups -OCH3 is 2. The Morgan fingerprint density at radius 2 is 1.10 bits per heavy atom. The molecule has 0 spiro atoms. The van der Waals surface area contributed by atoms with Gasteiger partial charge in [-0.2, -0.15) is 0 Å². The van der Waals surface area contributed by atoms with Gasteiger partial charge in [0.05, 0.1) is 14.2 Å². The predicted molar refractivity (Wildman–Crippen MR) is 241 cm³/mol. The van der Waals surface area contributed by atoms with Crippen molar-refractivity contribution in [3.05, 3.63) is 133 Å². The number of likely N-dealkylation sites (tertiary alicyclic amines) is 1. The lowest BCUT2D eigenvalue weighted by molar-refractivity contribution is -0.160. The SMILES string of the molecule is COc1ccc(CNC(C(=O)C(C=O)(N2CCCCC2)N2CCN(c3ccccc3-c3ccccc3)CC2)N2CCN(c3ccccc3-c3ccccc3)CC2)cc1OC. The minimum atomic E-state index is -1.42. The third-order valence-electron chi connectivity index (χ3n) is 12.7. The number of carbonyl (C=O) groups excluding carboxylic acids is 2. The molecule has 0 aliphatic carbocycles. The van der Waals surface area contributed by atoms with Crippen LogP contribution in [0.25, 0.3) is 22.3 Å². The Hall–Kier alpha value is -5.52. The van der Waals surface area contributed by atoms with Crippen LogP contribution in [-0.2, 0) is 16.1 Å². The Bertz CT molecular complexity index is 2180. The van der Waals surface area contributed by atoms with Crippen LogP contribution in [0.4, 0.5) is 11.4 Å². The molecule has 3 fully saturated rings. The number of benzene rings is 5. The van der Waals surface area contributed by atoms with Crippen molar-refractivity contribution in [2.45, 2.75) is 37.6 Å². The van der Waals surface area contributed by atoms with Crippen molar-refractivity contribution in [3.63, 3.8) is 0 Å². The molecule has 3 heterocycles. The molecule has 5 aromatic carbocycles. The molecule has 8 rings (SSSR count). The van der Waals surface area contributed by atoms with Crippen molar-refractivity contribution in [1.82, 2.24) is 20.0 Å². The molecule has 60 heavy (non-hydrogen) atoms. The second-order valence-electron chi connectivity index (χ2n) is 16.0. The summed E-state index contributed by atoms with van der Waals surface area (Å²) in [6.07, 6.45) is 3.27. The van der Waals surface area contributed by atoms with E-state index in [4.69, 9.17) is 9.47 Å². The standard InChI is InChI=1S/C50H58N6O4/c1-59-46-25-24-39(36-47(46)60-2)37-51-49(54-30-28-52(29-31-54)44-22-12-10-20-42(44)40-16-6-3-7-17-40)48(58)50(38-57,55-26-14-5-15-27-55)56-34-32-53(33-35-56)45-23-13-11-21-43(45)41-18-8-4-9-19-41/h3-4,6-13,16-25,36,38,49,51H,5,14-15,26-35,37H2,1-2H3. The number of Topliss-reactive ketones (excluding diaryl/α,β-unsaturated/α-hetero) is 1. The van der Waals surface area contributed by atoms with Crippen LogP contribution in [0, 0.1) is 0 Å². The highest BCUT2D eigenvalue weighted by Crippen LogP contribution is 2.35. The number of piperazine rings is 2. The van der Waals surface area contributed by atoms with Gasteiger partial charge in [0.1, 0.15) is 6.17 Å². The normalized spacial score (nSPS) is 18.4. The van der Waals surface area contributed by atoms with Gasteiger partial charge in [0.25, 0.3) is 0 Å². The first-order chi connectivity index (χ1) is 29.5. The number of para-hydroxylation sites is 2. The zero-order chi connectivity index (χ0) is 41.3. The number of hydrogen-bond donors (Lipinski definition) is 1. The molecule has 5 aromatic rings. The fraction of sp³-hybridized carbons (Fsp3) is 0.360. The molecule has 2 atom stereocenters. The number of hydrogen-bond acceptors (Lipinski definition) is 10. The van der Waals surface area contributed by atoms with Gasteiger partial charge in [-0.15, -0.1) is 0 Å². The summed E-state index contributed by atoms with van der Waals surface area (Å²) < 4.78 is 11.2. The summed E-state index contributed by atoms with van der Waals surface area (Å²) in [4.78, 5) is 41.4. The second-order valence-corrected chi connectivity index (χ2v) is 16.0. The van der Waals surface area contributed by atoms with Crippen molar-refractivity contribution in [2.75, 3.05) is 89.5 Å². The third kappa shape index (κ3) is 8.56. The molecule has 0 bridgehead atoms. The van der Waals surface area contributed by atoms with Crippen LogP contribution in [0.3, 0.4) is 0 Å². The minimum Gasteiger partial charge on any atom is -0.493 e. The first-order valence-corrected chi connectivity index (χ1v) is 21.5. The molecule has 10 heteroatoms. The highest BCUT2D eigenvalue weighted by molar-refractivity contribution is 6.05. The van der Waals surface area contributed by atoms with E-state index in [0.29, 0.717) is 70.4 Å². The lowest BCUT2D eigenvalue weighted by atomic mass is 9.93. The van der Waals surface area contributed by atoms with E-state index in [-0.39, 0.29) is 5.78 Å². The molecule has 312 valence electrons. The zero-order valence-corrected chi connectivity index (χ0v) is 35.0. The number of piperidine rings is 1. The predicted octanol–water partition coefficient (Wildman–Crippen LogP) is 7.05. The van der Waals surface area contributed by atoms with Gasteiger partial charge in [-0.25, -0.2) is 0 Å². The fourth-order valence-corrected chi connectivity index (χ4v) is 9.48. The van der Waals surface area contributed by atoms with Gasteiger partial charge in [-0.1, -0.05) is 110 Å². The van der Waals surface area contributed by atoms with E-state index < -0.39 is 11.8 Å². The molecule has 0 amide bonds. The van der Waals surface area contributed by atoms with Gasteiger partial charge >= 0.3 is 0 Å². The van der Waals surface area contributed by atoms with E-state index in [1.807, 2.05) is 30.3 Å². The number of ether oxygens (including phenoxy) is 2. The molecule has 0 saturated carbocycles. The molecular weight excluding hydrogens is 749 g/mol. The molecule has 3 saturated heterocycles. The van der Waals surface area contributed by atoms with Gasteiger partial charge in [0, 0.05) is 94.5 Å². The smallest absolute Gasteiger partial charge is 0.206 e. The maximum absolute atomic E-state index is 15.8. The number of aldehydes is 1. The van der Waals surface area contributed by atoms with Gasteiger partial charge in [-0.3, -0.25) is 29.6 Å². The van der Waals surface area contributed by atoms with E-state index in [1.165, 1.54) is 33.6 Å². The Morgan fingerprint density at radius 1 is 0.600 bits per heavy atom. The van der Waals surface area contributed by atoms with Crippen molar-refractivity contribution < 1.29 is 19.1 Å². The van der Waals surface area contributed by atoms with Crippen molar-refractivity contribution in [2.24, 2.45) is 0 Å². The van der Waals surface area contributed by atoms with Gasteiger partial charge in [0.2, 0.25) is 5.78 Å². The van der Waals surface area contributed by atoms with Crippen LogP contribution in [0.15, 0.2) is 127 Å². The summed E-state index contributed by atoms with van der Waals surface area (Å²) in [6.45, 7) is 7.15. The topological polar surface area (TPSA) is 80.8 Å². The Kier molecular flexibility index (Phi) is 13.2. The second kappa shape index (κ2) is 19.2. The average molecular weight is 807 g/mol. The summed E-state index contributed by atoms with van der Waals surface area (Å²) in [7, 11) is 3.26. The molecule has 3 aliphatic rings. The van der Waals surface area contributed by atoms with E-state index in [2.05, 4.69) is 127 Å². The summed E-state index contributed by atoms with van der Waals surface area (Å²) in [5, 5.41) is 3.70. The molecule has 10 nitrogen and oxygen atoms in total. The molecule has 0 radical (unpaired) electrons. The summed E-state index contributed by atoms with van der Waals surface area (Å²) in [5.41, 5.74) is 6.64. The molecule has 1 N–H and O–H groups in total. The highest BCUT2D eigenvalue weighted by atomic mass is 16.5. The van der Waals surface area contributed by atoms with Crippen LogP contribution >= 0.6 is 0 Å². The van der Waals surface area contributed by atoms with Crippen molar-refractivity contribution in [3.8, 4) is 33.8 Å². The maximum Gasteiger partial charge on any atom is 0.206 e. The summed E-state index contributed by atoms with van der Waals surface area (Å²) >= 11 is 0. The van der Waals surface area contributed by atoms with Crippen LogP contribution in [0.1, 0.15) is 24.8 Å². The number of rotatable bonds is 15. The average Bonchev–Trinajstić information content (AvgIpc) is 3.33. The number of anilines is 2. The minimum absolute atomic E-state index is 0.101. The molecule has 2 unspecified atom stereocenters. The van der Waals surface area contributed by atoms with Gasteiger partial charge < -0.3 is 19.3 Å². The first kappa shape index (κ1) is 41.2. The molecular formula is C50H58N6O4. The van der Waals surface area contributed by atoms with E-state index in [9.17, 15) is 4.79 Å². The van der Waals surface area contributed by atoms with Gasteiger partial charge in [-0.05, 0) is 53.8 Å². The van der Waals surface area contributed by atoms with Crippen LogP contribution in [0.2, 0.25) is 0 Å². The lowest BCUT2D eigenvalue weighted by Crippen LogP contribution is -2.75. The Labute approximate surface area is 355 Å². The number of nitrogens with zero attached hydrogens (tertiary/aromatic N) is 5. The Balaban J connectivity index is 1.09. The molecule has 0 aromatic heterocycles. The third-order valence-corrected chi connectivity index (χ3v) is 12.7. The van der Waals surface area contributed by atoms with Crippen molar-refractivity contribution in [1.29, 1.82) is 0 Å². The number of ketones is 1. The van der Waals surface area contributed by atoms with E-state index in [0.717, 1.165) is 44.2 Å². The fourth-order valence-electron chi connectivity index (χ4n) is 9.48. The number of carbonyl (C=O) groups is 2. The van der Waals surface area contributed by atoms with Gasteiger partial charge in [0.15, 0.2) is 23.4 Å². The van der Waals surface area contributed by atoms with Crippen LogP contribution < -0.4 is 24.6 Å². The largest absolute Gasteiger partial charge is 0.493 e. The molecule has 3 aliphatic heterocycles. The summed E-state index contributed by atoms with van der Waals surface area (Å²) in [6, 6.07) is 44.0. The van der Waals surface area contributed by atoms with Crippen molar-refractivity contribution >= 4 is 23.4 Å². The Morgan fingerprint density at radius 3 is 1.63 bits per heavy atom. The van der Waals surface area contributed by atoms with E-state index >= 15 is 4.79 Å². The quantitative estimate of drug-likeness (QED) is 0.0879. The van der Waals surface area contributed by atoms with Crippen LogP contribution in [-0.4, -0.2) is 118 Å². The highest BCUT2D eigenvalue weighted by Gasteiger charge is 2.53. The maximum atomic E-state index is 15.8. The number of nitrogens with one attached hydrogen (secondary N) is 1. The first-order valence-electron chi connectivity index (χ1n) is 21.5. The lowest BCUT2D eigenvalue weighted by Gasteiger charge is -2.52. The summed E-state index contributed by atoms with van der Waals surface area (Å²) in [5.74, 6) is 1.18. The van der Waals surface area contributed by atoms with E-state index in [1.54, 1.807) is 14.2 Å². The zero-order valence-electron chi connectivity index (χ0n) is 35.0. The van der Waals surface area contributed by atoms with Crippen LogP contribution in [0.5, 0.6) is 11.5 Å². The monoisotopic (exact) mass is 806 g/mol.